The highest BCUT2D eigenvalue weighted by Crippen LogP contribution is 2.33. The maximum absolute atomic E-state index is 13.0. The van der Waals surface area contributed by atoms with Crippen molar-refractivity contribution in [3.8, 4) is 5.75 Å². The monoisotopic (exact) mass is 524 g/mol. The van der Waals surface area contributed by atoms with Gasteiger partial charge in [0.15, 0.2) is 0 Å². The fourth-order valence-electron chi connectivity index (χ4n) is 3.31. The minimum Gasteiger partial charge on any atom is -0.423 e. The molecule has 8 heteroatoms. The average molecular weight is 526 g/mol. The standard InChI is InChI=1S/C25H18BrClN2O4/c1-14-4-3-5-20(15(14)2)29-23(30)21(27)22(24(29)31)28-18-10-6-16(7-11-18)25(32)33-19-12-8-17(26)9-13-19/h3-13,28H,1-2H3. The quantitative estimate of drug-likeness (QED) is 0.262. The lowest BCUT2D eigenvalue weighted by Crippen LogP contribution is -2.33. The van der Waals surface area contributed by atoms with Crippen molar-refractivity contribution in [1.82, 2.24) is 0 Å². The van der Waals surface area contributed by atoms with Crippen LogP contribution in [-0.2, 0) is 9.59 Å². The number of halogens is 2. The van der Waals surface area contributed by atoms with Crippen LogP contribution in [0.15, 0.2) is 81.9 Å². The van der Waals surface area contributed by atoms with Crippen molar-refractivity contribution < 1.29 is 19.1 Å². The van der Waals surface area contributed by atoms with Crippen molar-refractivity contribution in [3.63, 3.8) is 0 Å². The summed E-state index contributed by atoms with van der Waals surface area (Å²) in [5.41, 5.74) is 3.07. The van der Waals surface area contributed by atoms with Crippen LogP contribution in [-0.4, -0.2) is 17.8 Å². The summed E-state index contributed by atoms with van der Waals surface area (Å²) in [6, 6.07) is 18.6. The van der Waals surface area contributed by atoms with Crippen LogP contribution in [0.3, 0.4) is 0 Å². The van der Waals surface area contributed by atoms with Crippen molar-refractivity contribution in [2.75, 3.05) is 10.2 Å². The Labute approximate surface area is 203 Å². The maximum Gasteiger partial charge on any atom is 0.343 e. The molecule has 0 aromatic heterocycles. The van der Waals surface area contributed by atoms with Gasteiger partial charge in [-0.15, -0.1) is 0 Å². The molecule has 0 unspecified atom stereocenters. The van der Waals surface area contributed by atoms with E-state index in [2.05, 4.69) is 21.2 Å². The molecule has 0 radical (unpaired) electrons. The van der Waals surface area contributed by atoms with Crippen molar-refractivity contribution in [2.45, 2.75) is 13.8 Å². The SMILES string of the molecule is Cc1cccc(N2C(=O)C(Cl)=C(Nc3ccc(C(=O)Oc4ccc(Br)cc4)cc3)C2=O)c1C. The molecule has 1 heterocycles. The number of amides is 2. The third-order valence-corrected chi connectivity index (χ3v) is 6.14. The summed E-state index contributed by atoms with van der Waals surface area (Å²) >= 11 is 9.55. The van der Waals surface area contributed by atoms with E-state index in [1.54, 1.807) is 60.7 Å². The minimum absolute atomic E-state index is 0.0206. The molecule has 166 valence electrons. The first-order chi connectivity index (χ1) is 15.8. The molecule has 0 aliphatic carbocycles. The number of imide groups is 1. The Morgan fingerprint density at radius 1 is 0.939 bits per heavy atom. The maximum atomic E-state index is 13.0. The molecule has 4 rings (SSSR count). The Hall–Kier alpha value is -3.42. The summed E-state index contributed by atoms with van der Waals surface area (Å²) in [5.74, 6) is -1.23. The molecule has 1 N–H and O–H groups in total. The number of carbonyl (C=O) groups is 3. The zero-order chi connectivity index (χ0) is 23.7. The molecule has 33 heavy (non-hydrogen) atoms. The predicted octanol–water partition coefficient (Wildman–Crippen LogP) is 5.72. The van der Waals surface area contributed by atoms with Gasteiger partial charge in [-0.3, -0.25) is 9.59 Å². The fraction of sp³-hybridized carbons (Fsp3) is 0.0800. The van der Waals surface area contributed by atoms with Crippen LogP contribution < -0.4 is 15.0 Å². The lowest BCUT2D eigenvalue weighted by molar-refractivity contribution is -0.120. The van der Waals surface area contributed by atoms with Crippen LogP contribution in [0.5, 0.6) is 5.75 Å². The van der Waals surface area contributed by atoms with Gasteiger partial charge in [0.2, 0.25) is 0 Å². The highest BCUT2D eigenvalue weighted by atomic mass is 79.9. The first-order valence-corrected chi connectivity index (χ1v) is 11.1. The number of hydrogen-bond acceptors (Lipinski definition) is 5. The third-order valence-electron chi connectivity index (χ3n) is 5.26. The van der Waals surface area contributed by atoms with Crippen LogP contribution >= 0.6 is 27.5 Å². The number of esters is 1. The van der Waals surface area contributed by atoms with Gasteiger partial charge in [-0.05, 0) is 79.6 Å². The minimum atomic E-state index is -0.590. The predicted molar refractivity (Wildman–Crippen MR) is 130 cm³/mol. The molecule has 1 aliphatic heterocycles. The Bertz CT molecular complexity index is 1300. The molecule has 3 aromatic rings. The van der Waals surface area contributed by atoms with Crippen molar-refractivity contribution in [2.24, 2.45) is 0 Å². The number of ether oxygens (including phenoxy) is 1. The summed E-state index contributed by atoms with van der Waals surface area (Å²) in [6.45, 7) is 3.75. The lowest BCUT2D eigenvalue weighted by atomic mass is 10.1. The van der Waals surface area contributed by atoms with Gasteiger partial charge < -0.3 is 10.1 Å². The van der Waals surface area contributed by atoms with E-state index in [9.17, 15) is 14.4 Å². The van der Waals surface area contributed by atoms with E-state index in [1.807, 2.05) is 19.9 Å². The second kappa shape index (κ2) is 9.21. The second-order valence-electron chi connectivity index (χ2n) is 7.40. The zero-order valence-electron chi connectivity index (χ0n) is 17.7. The van der Waals surface area contributed by atoms with Crippen molar-refractivity contribution in [3.05, 3.63) is 98.6 Å². The van der Waals surface area contributed by atoms with Crippen LogP contribution in [0.2, 0.25) is 0 Å². The van der Waals surface area contributed by atoms with E-state index in [1.165, 1.54) is 0 Å². The normalized spacial score (nSPS) is 13.5. The van der Waals surface area contributed by atoms with Crippen LogP contribution in [0, 0.1) is 13.8 Å². The van der Waals surface area contributed by atoms with E-state index in [0.717, 1.165) is 20.5 Å². The average Bonchev–Trinajstić information content (AvgIpc) is 3.01. The summed E-state index contributed by atoms with van der Waals surface area (Å²) in [4.78, 5) is 39.2. The van der Waals surface area contributed by atoms with Crippen molar-refractivity contribution >= 4 is 56.7 Å². The van der Waals surface area contributed by atoms with Gasteiger partial charge in [0.25, 0.3) is 11.8 Å². The third kappa shape index (κ3) is 4.55. The Morgan fingerprint density at radius 2 is 1.61 bits per heavy atom. The van der Waals surface area contributed by atoms with Gasteiger partial charge in [-0.1, -0.05) is 39.7 Å². The summed E-state index contributed by atoms with van der Waals surface area (Å²) in [5, 5.41) is 2.71. The molecule has 3 aromatic carbocycles. The van der Waals surface area contributed by atoms with Crippen molar-refractivity contribution in [1.29, 1.82) is 0 Å². The summed E-state index contributed by atoms with van der Waals surface area (Å²) in [6.07, 6.45) is 0. The number of nitrogens with one attached hydrogen (secondary N) is 1. The molecule has 0 bridgehead atoms. The number of benzene rings is 3. The van der Waals surface area contributed by atoms with E-state index in [-0.39, 0.29) is 10.7 Å². The summed E-state index contributed by atoms with van der Waals surface area (Å²) in [7, 11) is 0. The fourth-order valence-corrected chi connectivity index (χ4v) is 3.79. The molecule has 0 spiro atoms. The van der Waals surface area contributed by atoms with Crippen LogP contribution in [0.25, 0.3) is 0 Å². The highest BCUT2D eigenvalue weighted by molar-refractivity contribution is 9.10. The molecule has 0 atom stereocenters. The Morgan fingerprint density at radius 3 is 2.27 bits per heavy atom. The van der Waals surface area contributed by atoms with Crippen LogP contribution in [0.4, 0.5) is 11.4 Å². The van der Waals surface area contributed by atoms with E-state index < -0.39 is 17.8 Å². The number of anilines is 2. The van der Waals surface area contributed by atoms with Crippen LogP contribution in [0.1, 0.15) is 21.5 Å². The highest BCUT2D eigenvalue weighted by Gasteiger charge is 2.39. The van der Waals surface area contributed by atoms with Gasteiger partial charge in [-0.25, -0.2) is 9.69 Å². The molecule has 2 amide bonds. The van der Waals surface area contributed by atoms with Gasteiger partial charge >= 0.3 is 5.97 Å². The molecule has 0 saturated heterocycles. The molecule has 1 aliphatic rings. The number of rotatable bonds is 5. The smallest absolute Gasteiger partial charge is 0.343 e. The summed E-state index contributed by atoms with van der Waals surface area (Å²) < 4.78 is 6.22. The molecular formula is C25H18BrClN2O4. The Balaban J connectivity index is 1.50. The van der Waals surface area contributed by atoms with Gasteiger partial charge in [-0.2, -0.15) is 0 Å². The van der Waals surface area contributed by atoms with E-state index in [4.69, 9.17) is 16.3 Å². The number of aryl methyl sites for hydroxylation is 1. The molecule has 6 nitrogen and oxygen atoms in total. The topological polar surface area (TPSA) is 75.7 Å². The van der Waals surface area contributed by atoms with Gasteiger partial charge in [0.1, 0.15) is 16.5 Å². The number of hydrogen-bond donors (Lipinski definition) is 1. The lowest BCUT2D eigenvalue weighted by Gasteiger charge is -2.18. The molecule has 0 saturated carbocycles. The zero-order valence-corrected chi connectivity index (χ0v) is 20.0. The second-order valence-corrected chi connectivity index (χ2v) is 8.69. The first-order valence-electron chi connectivity index (χ1n) is 9.96. The largest absolute Gasteiger partial charge is 0.423 e. The first kappa shape index (κ1) is 22.8. The van der Waals surface area contributed by atoms with E-state index in [0.29, 0.717) is 22.7 Å². The van der Waals surface area contributed by atoms with Gasteiger partial charge in [0, 0.05) is 10.2 Å². The van der Waals surface area contributed by atoms with E-state index >= 15 is 0 Å². The number of carbonyl (C=O) groups excluding carboxylic acids is 3. The molecular weight excluding hydrogens is 508 g/mol. The Kier molecular flexibility index (Phi) is 6.35. The van der Waals surface area contributed by atoms with Gasteiger partial charge in [0.05, 0.1) is 11.3 Å². The number of nitrogens with zero attached hydrogens (tertiary/aromatic N) is 1. The molecule has 0 fully saturated rings.